The summed E-state index contributed by atoms with van der Waals surface area (Å²) in [6, 6.07) is 98.7. The molecule has 0 radical (unpaired) electrons. The van der Waals surface area contributed by atoms with Gasteiger partial charge in [0.2, 0.25) is 0 Å². The van der Waals surface area contributed by atoms with E-state index in [4.69, 9.17) is 0 Å². The van der Waals surface area contributed by atoms with Crippen LogP contribution >= 0.6 is 45.3 Å². The van der Waals surface area contributed by atoms with E-state index >= 15 is 0 Å². The van der Waals surface area contributed by atoms with Gasteiger partial charge in [0.15, 0.2) is 0 Å². The molecule has 10 aromatic carbocycles. The summed E-state index contributed by atoms with van der Waals surface area (Å²) in [6.45, 7) is 0. The van der Waals surface area contributed by atoms with E-state index in [0.717, 1.165) is 0 Å². The van der Waals surface area contributed by atoms with Crippen molar-refractivity contribution in [3.8, 4) is 106 Å². The number of thiophene rings is 4. The summed E-state index contributed by atoms with van der Waals surface area (Å²) in [5.41, 5.74) is 14.7. The number of fused-ring (bicyclic) bond motifs is 3. The summed E-state index contributed by atoms with van der Waals surface area (Å²) >= 11 is 7.46. The van der Waals surface area contributed by atoms with Crippen molar-refractivity contribution < 1.29 is 0 Å². The van der Waals surface area contributed by atoms with Crippen LogP contribution in [-0.2, 0) is 0 Å². The van der Waals surface area contributed by atoms with Crippen LogP contribution in [0.4, 0.5) is 0 Å². The average molecular weight is 1010 g/mol. The third kappa shape index (κ3) is 8.23. The molecule has 0 amide bonds. The van der Waals surface area contributed by atoms with Gasteiger partial charge in [0, 0.05) is 39.0 Å². The fourth-order valence-corrected chi connectivity index (χ4v) is 14.8. The summed E-state index contributed by atoms with van der Waals surface area (Å²) in [5, 5.41) is 7.56. The lowest BCUT2D eigenvalue weighted by atomic mass is 9.79. The fourth-order valence-electron chi connectivity index (χ4n) is 10.6. The Morgan fingerprint density at radius 1 is 0.162 bits per heavy atom. The van der Waals surface area contributed by atoms with Crippen LogP contribution in [0, 0.1) is 0 Å². The molecule has 0 saturated carbocycles. The van der Waals surface area contributed by atoms with E-state index in [-0.39, 0.29) is 0 Å². The molecule has 14 rings (SSSR count). The van der Waals surface area contributed by atoms with Crippen LogP contribution in [0.15, 0.2) is 267 Å². The van der Waals surface area contributed by atoms with Crippen LogP contribution < -0.4 is 0 Å². The summed E-state index contributed by atoms with van der Waals surface area (Å²) in [7, 11) is 0. The monoisotopic (exact) mass is 1010 g/mol. The van der Waals surface area contributed by atoms with E-state index in [2.05, 4.69) is 267 Å². The maximum Gasteiger partial charge on any atom is 0.0449 e. The van der Waals surface area contributed by atoms with Crippen molar-refractivity contribution in [2.24, 2.45) is 0 Å². The molecular weight excluding hydrogens is 969 g/mol. The van der Waals surface area contributed by atoms with E-state index < -0.39 is 0 Å². The highest BCUT2D eigenvalue weighted by Gasteiger charge is 2.24. The Morgan fingerprint density at radius 3 is 0.811 bits per heavy atom. The molecule has 0 N–H and O–H groups in total. The van der Waals surface area contributed by atoms with Crippen molar-refractivity contribution in [3.63, 3.8) is 0 Å². The van der Waals surface area contributed by atoms with E-state index in [1.54, 1.807) is 0 Å². The molecule has 348 valence electrons. The van der Waals surface area contributed by atoms with Gasteiger partial charge in [-0.15, -0.1) is 45.3 Å². The second kappa shape index (κ2) is 19.0. The van der Waals surface area contributed by atoms with Gasteiger partial charge in [-0.3, -0.25) is 0 Å². The second-order valence-electron chi connectivity index (χ2n) is 18.7. The van der Waals surface area contributed by atoms with Crippen molar-refractivity contribution >= 4 is 77.7 Å². The minimum Gasteiger partial charge on any atom is -0.134 e. The van der Waals surface area contributed by atoms with Crippen molar-refractivity contribution in [2.45, 2.75) is 0 Å². The number of hydrogen-bond donors (Lipinski definition) is 0. The molecule has 74 heavy (non-hydrogen) atoms. The zero-order valence-corrected chi connectivity index (χ0v) is 43.3. The quantitative estimate of drug-likeness (QED) is 0.128. The topological polar surface area (TPSA) is 0 Å². The standard InChI is InChI=1S/C70H44S4/c1-3-15-49(16-4-1)67-57-21-11-12-22-58(57)68(50-17-5-2-6-18-50)70(52-31-27-48(28-32-52)60-36-40-64(72-60)66-42-38-62(74-66)56-34-24-46-14-8-10-20-54(46)44-56)69(67)51-29-25-47(26-30-51)59-35-39-63(71-59)65-41-37-61(73-65)55-33-23-45-13-7-9-19-53(45)43-55/h1-44H. The first-order valence-electron chi connectivity index (χ1n) is 24.9. The molecule has 0 aliphatic carbocycles. The molecule has 0 spiro atoms. The molecule has 0 atom stereocenters. The van der Waals surface area contributed by atoms with Crippen LogP contribution in [0.1, 0.15) is 0 Å². The molecule has 0 bridgehead atoms. The Kier molecular flexibility index (Phi) is 11.4. The summed E-state index contributed by atoms with van der Waals surface area (Å²) in [5.74, 6) is 0. The van der Waals surface area contributed by atoms with Crippen molar-refractivity contribution in [3.05, 3.63) is 267 Å². The van der Waals surface area contributed by atoms with E-state index in [1.165, 1.54) is 138 Å². The Morgan fingerprint density at radius 2 is 0.432 bits per heavy atom. The number of rotatable bonds is 10. The Balaban J connectivity index is 0.848. The zero-order valence-electron chi connectivity index (χ0n) is 40.0. The van der Waals surface area contributed by atoms with Gasteiger partial charge in [-0.2, -0.15) is 0 Å². The maximum absolute atomic E-state index is 2.35. The smallest absolute Gasteiger partial charge is 0.0449 e. The SMILES string of the molecule is c1ccc(-c2c(-c3ccc(-c4ccc(-c5ccc(-c6ccc7ccccc7c6)s5)s4)cc3)c(-c3ccc(-c4ccc(-c5ccc(-c6ccc7ccccc7c6)s5)s4)cc3)c(-c3ccccc3)c3ccccc23)cc1. The summed E-state index contributed by atoms with van der Waals surface area (Å²) < 4.78 is 0. The molecule has 0 aliphatic rings. The zero-order chi connectivity index (χ0) is 49.0. The third-order valence-corrected chi connectivity index (χ3v) is 19.2. The molecule has 4 heteroatoms. The molecule has 0 nitrogen and oxygen atoms in total. The lowest BCUT2D eigenvalue weighted by molar-refractivity contribution is 1.57. The minimum atomic E-state index is 1.19. The molecule has 0 unspecified atom stereocenters. The molecule has 4 heterocycles. The number of hydrogen-bond acceptors (Lipinski definition) is 4. The van der Waals surface area contributed by atoms with Gasteiger partial charge < -0.3 is 0 Å². The van der Waals surface area contributed by atoms with Crippen LogP contribution in [0.2, 0.25) is 0 Å². The second-order valence-corrected chi connectivity index (χ2v) is 23.0. The normalized spacial score (nSPS) is 11.5. The van der Waals surface area contributed by atoms with E-state index in [9.17, 15) is 0 Å². The largest absolute Gasteiger partial charge is 0.134 e. The van der Waals surface area contributed by atoms with Crippen molar-refractivity contribution in [1.82, 2.24) is 0 Å². The predicted octanol–water partition coefficient (Wildman–Crippen LogP) is 22.1. The van der Waals surface area contributed by atoms with Gasteiger partial charge in [-0.05, 0) is 160 Å². The predicted molar refractivity (Wildman–Crippen MR) is 325 cm³/mol. The van der Waals surface area contributed by atoms with Crippen molar-refractivity contribution in [1.29, 1.82) is 0 Å². The molecule has 0 fully saturated rings. The van der Waals surface area contributed by atoms with Crippen LogP contribution in [0.25, 0.3) is 138 Å². The Labute approximate surface area is 447 Å². The van der Waals surface area contributed by atoms with Gasteiger partial charge in [0.05, 0.1) is 0 Å². The van der Waals surface area contributed by atoms with E-state index in [1.807, 2.05) is 45.3 Å². The first kappa shape index (κ1) is 44.5. The van der Waals surface area contributed by atoms with Gasteiger partial charge >= 0.3 is 0 Å². The van der Waals surface area contributed by atoms with Crippen molar-refractivity contribution in [2.75, 3.05) is 0 Å². The van der Waals surface area contributed by atoms with Gasteiger partial charge in [0.25, 0.3) is 0 Å². The van der Waals surface area contributed by atoms with Crippen LogP contribution in [0.3, 0.4) is 0 Å². The third-order valence-electron chi connectivity index (χ3n) is 14.2. The van der Waals surface area contributed by atoms with Gasteiger partial charge in [-0.25, -0.2) is 0 Å². The highest BCUT2D eigenvalue weighted by Crippen LogP contribution is 2.52. The maximum atomic E-state index is 2.35. The van der Waals surface area contributed by atoms with Crippen LogP contribution in [0.5, 0.6) is 0 Å². The lowest BCUT2D eigenvalue weighted by Crippen LogP contribution is -1.97. The first-order valence-corrected chi connectivity index (χ1v) is 28.2. The molecular formula is C70H44S4. The van der Waals surface area contributed by atoms with E-state index in [0.29, 0.717) is 0 Å². The number of benzene rings is 10. The Bertz CT molecular complexity index is 4060. The molecule has 0 saturated heterocycles. The lowest BCUT2D eigenvalue weighted by Gasteiger charge is -2.24. The highest BCUT2D eigenvalue weighted by molar-refractivity contribution is 7.25. The molecule has 4 aromatic heterocycles. The van der Waals surface area contributed by atoms with Gasteiger partial charge in [0.1, 0.15) is 0 Å². The summed E-state index contributed by atoms with van der Waals surface area (Å²) in [6.07, 6.45) is 0. The summed E-state index contributed by atoms with van der Waals surface area (Å²) in [4.78, 5) is 10.3. The Hall–Kier alpha value is -8.22. The van der Waals surface area contributed by atoms with Gasteiger partial charge in [-0.1, -0.05) is 206 Å². The van der Waals surface area contributed by atoms with Crippen LogP contribution in [-0.4, -0.2) is 0 Å². The fraction of sp³-hybridized carbons (Fsp3) is 0. The average Bonchev–Trinajstić information content (AvgIpc) is 4.36. The highest BCUT2D eigenvalue weighted by atomic mass is 32.1. The first-order chi connectivity index (χ1) is 36.6. The molecule has 0 aliphatic heterocycles. The molecule has 14 aromatic rings. The minimum absolute atomic E-state index is 1.19.